The van der Waals surface area contributed by atoms with Crippen LogP contribution in [0.2, 0.25) is 0 Å². The van der Waals surface area contributed by atoms with Crippen molar-refractivity contribution < 1.29 is 18.7 Å². The number of esters is 1. The van der Waals surface area contributed by atoms with Crippen LogP contribution in [0, 0.1) is 5.82 Å². The Kier molecular flexibility index (Phi) is 5.91. The molecule has 0 aliphatic rings. The monoisotopic (exact) mass is 323 g/mol. The van der Waals surface area contributed by atoms with Gasteiger partial charge in [-0.25, -0.2) is 9.18 Å². The SMILES string of the molecule is CCOC(=O)C(NCc1cccs1)c1ccc(OC)c(F)c1. The van der Waals surface area contributed by atoms with E-state index in [0.717, 1.165) is 4.88 Å². The topological polar surface area (TPSA) is 47.6 Å². The summed E-state index contributed by atoms with van der Waals surface area (Å²) < 4.78 is 23.8. The number of nitrogens with one attached hydrogen (secondary N) is 1. The first-order valence-corrected chi connectivity index (χ1v) is 7.79. The van der Waals surface area contributed by atoms with E-state index in [1.165, 1.54) is 19.2 Å². The minimum atomic E-state index is -0.720. The molecule has 0 saturated carbocycles. The molecule has 1 unspecified atom stereocenters. The predicted molar refractivity (Wildman–Crippen MR) is 83.5 cm³/mol. The molecule has 0 radical (unpaired) electrons. The maximum Gasteiger partial charge on any atom is 0.327 e. The third kappa shape index (κ3) is 4.05. The smallest absolute Gasteiger partial charge is 0.327 e. The lowest BCUT2D eigenvalue weighted by molar-refractivity contribution is -0.145. The van der Waals surface area contributed by atoms with Crippen LogP contribution in [0.1, 0.15) is 23.4 Å². The van der Waals surface area contributed by atoms with Crippen molar-refractivity contribution in [1.29, 1.82) is 0 Å². The van der Waals surface area contributed by atoms with Gasteiger partial charge in [0.1, 0.15) is 6.04 Å². The molecule has 0 fully saturated rings. The lowest BCUT2D eigenvalue weighted by Crippen LogP contribution is -2.29. The zero-order chi connectivity index (χ0) is 15.9. The normalized spacial score (nSPS) is 12.0. The third-order valence-corrected chi connectivity index (χ3v) is 3.97. The minimum absolute atomic E-state index is 0.143. The van der Waals surface area contributed by atoms with Crippen molar-refractivity contribution in [2.75, 3.05) is 13.7 Å². The van der Waals surface area contributed by atoms with Crippen molar-refractivity contribution in [2.45, 2.75) is 19.5 Å². The summed E-state index contributed by atoms with van der Waals surface area (Å²) in [6.45, 7) is 2.52. The summed E-state index contributed by atoms with van der Waals surface area (Å²) in [6.07, 6.45) is 0. The molecule has 1 aromatic carbocycles. The third-order valence-electron chi connectivity index (χ3n) is 3.09. The van der Waals surface area contributed by atoms with Gasteiger partial charge in [-0.2, -0.15) is 0 Å². The number of hydrogen-bond donors (Lipinski definition) is 1. The van der Waals surface area contributed by atoms with Gasteiger partial charge >= 0.3 is 5.97 Å². The van der Waals surface area contributed by atoms with Gasteiger partial charge in [-0.1, -0.05) is 12.1 Å². The first kappa shape index (κ1) is 16.5. The number of carbonyl (C=O) groups is 1. The average molecular weight is 323 g/mol. The van der Waals surface area contributed by atoms with Gasteiger partial charge in [-0.05, 0) is 36.1 Å². The second kappa shape index (κ2) is 7.91. The maximum atomic E-state index is 13.9. The van der Waals surface area contributed by atoms with Crippen LogP contribution in [0.25, 0.3) is 0 Å². The van der Waals surface area contributed by atoms with E-state index in [-0.39, 0.29) is 12.4 Å². The molecule has 0 saturated heterocycles. The number of benzene rings is 1. The number of methoxy groups -OCH3 is 1. The molecule has 1 N–H and O–H groups in total. The van der Waals surface area contributed by atoms with Crippen LogP contribution in [-0.2, 0) is 16.1 Å². The summed E-state index contributed by atoms with van der Waals surface area (Å²) in [7, 11) is 1.40. The van der Waals surface area contributed by atoms with E-state index in [1.807, 2.05) is 17.5 Å². The van der Waals surface area contributed by atoms with Crippen LogP contribution in [0.15, 0.2) is 35.7 Å². The van der Waals surface area contributed by atoms with E-state index in [1.54, 1.807) is 24.3 Å². The summed E-state index contributed by atoms with van der Waals surface area (Å²) in [6, 6.07) is 7.64. The Morgan fingerprint density at radius 3 is 2.82 bits per heavy atom. The minimum Gasteiger partial charge on any atom is -0.494 e. The first-order valence-electron chi connectivity index (χ1n) is 6.91. The van der Waals surface area contributed by atoms with E-state index in [0.29, 0.717) is 12.1 Å². The van der Waals surface area contributed by atoms with Gasteiger partial charge in [-0.15, -0.1) is 11.3 Å². The lowest BCUT2D eigenvalue weighted by atomic mass is 10.1. The van der Waals surface area contributed by atoms with E-state index in [9.17, 15) is 9.18 Å². The number of halogens is 1. The van der Waals surface area contributed by atoms with E-state index >= 15 is 0 Å². The first-order chi connectivity index (χ1) is 10.7. The second-order valence-electron chi connectivity index (χ2n) is 4.54. The fraction of sp³-hybridized carbons (Fsp3) is 0.312. The Hall–Kier alpha value is -1.92. The summed E-state index contributed by atoms with van der Waals surface area (Å²) in [5, 5.41) is 5.08. The molecule has 1 atom stereocenters. The quantitative estimate of drug-likeness (QED) is 0.794. The molecule has 118 valence electrons. The molecule has 0 aliphatic heterocycles. The molecule has 22 heavy (non-hydrogen) atoms. The highest BCUT2D eigenvalue weighted by Crippen LogP contribution is 2.23. The number of ether oxygens (including phenoxy) is 2. The highest BCUT2D eigenvalue weighted by molar-refractivity contribution is 7.09. The highest BCUT2D eigenvalue weighted by Gasteiger charge is 2.23. The number of carbonyl (C=O) groups excluding carboxylic acids is 1. The molecular formula is C16H18FNO3S. The van der Waals surface area contributed by atoms with Gasteiger partial charge < -0.3 is 9.47 Å². The van der Waals surface area contributed by atoms with Gasteiger partial charge in [0, 0.05) is 11.4 Å². The molecule has 2 rings (SSSR count). The molecule has 0 amide bonds. The summed E-state index contributed by atoms with van der Waals surface area (Å²) in [5.41, 5.74) is 0.508. The van der Waals surface area contributed by atoms with Crippen molar-refractivity contribution >= 4 is 17.3 Å². The van der Waals surface area contributed by atoms with E-state index in [4.69, 9.17) is 9.47 Å². The van der Waals surface area contributed by atoms with Crippen LogP contribution in [0.4, 0.5) is 4.39 Å². The van der Waals surface area contributed by atoms with Crippen molar-refractivity contribution in [3.05, 3.63) is 52.0 Å². The molecule has 6 heteroatoms. The van der Waals surface area contributed by atoms with Crippen LogP contribution < -0.4 is 10.1 Å². The summed E-state index contributed by atoms with van der Waals surface area (Å²) in [4.78, 5) is 13.2. The standard InChI is InChI=1S/C16H18FNO3S/c1-3-21-16(19)15(18-10-12-5-4-8-22-12)11-6-7-14(20-2)13(17)9-11/h4-9,15,18H,3,10H2,1-2H3. The Morgan fingerprint density at radius 2 is 2.23 bits per heavy atom. The fourth-order valence-corrected chi connectivity index (χ4v) is 2.70. The number of thiophene rings is 1. The van der Waals surface area contributed by atoms with Crippen molar-refractivity contribution in [2.24, 2.45) is 0 Å². The van der Waals surface area contributed by atoms with Gasteiger partial charge in [-0.3, -0.25) is 5.32 Å². The Balaban J connectivity index is 2.19. The zero-order valence-corrected chi connectivity index (χ0v) is 13.3. The molecule has 1 heterocycles. The van der Waals surface area contributed by atoms with Gasteiger partial charge in [0.25, 0.3) is 0 Å². The predicted octanol–water partition coefficient (Wildman–Crippen LogP) is 3.29. The molecule has 2 aromatic rings. The molecule has 1 aromatic heterocycles. The van der Waals surface area contributed by atoms with Crippen molar-refractivity contribution in [3.8, 4) is 5.75 Å². The Labute approximate surface area is 132 Å². The van der Waals surface area contributed by atoms with Crippen LogP contribution in [0.5, 0.6) is 5.75 Å². The molecule has 0 bridgehead atoms. The molecule has 4 nitrogen and oxygen atoms in total. The summed E-state index contributed by atoms with van der Waals surface area (Å²) in [5.74, 6) is -0.791. The number of hydrogen-bond acceptors (Lipinski definition) is 5. The summed E-state index contributed by atoms with van der Waals surface area (Å²) >= 11 is 1.59. The average Bonchev–Trinajstić information content (AvgIpc) is 3.01. The van der Waals surface area contributed by atoms with Gasteiger partial charge in [0.05, 0.1) is 13.7 Å². The van der Waals surface area contributed by atoms with Crippen LogP contribution in [-0.4, -0.2) is 19.7 Å². The fourth-order valence-electron chi connectivity index (χ4n) is 2.04. The van der Waals surface area contributed by atoms with Crippen LogP contribution >= 0.6 is 11.3 Å². The van der Waals surface area contributed by atoms with Gasteiger partial charge in [0.15, 0.2) is 11.6 Å². The largest absolute Gasteiger partial charge is 0.494 e. The molecular weight excluding hydrogens is 305 g/mol. The maximum absolute atomic E-state index is 13.9. The van der Waals surface area contributed by atoms with E-state index < -0.39 is 17.8 Å². The Morgan fingerprint density at radius 1 is 1.41 bits per heavy atom. The highest BCUT2D eigenvalue weighted by atomic mass is 32.1. The molecule has 0 aliphatic carbocycles. The second-order valence-corrected chi connectivity index (χ2v) is 5.57. The zero-order valence-electron chi connectivity index (χ0n) is 12.5. The molecule has 0 spiro atoms. The van der Waals surface area contributed by atoms with Crippen molar-refractivity contribution in [1.82, 2.24) is 5.32 Å². The van der Waals surface area contributed by atoms with Crippen molar-refractivity contribution in [3.63, 3.8) is 0 Å². The number of rotatable bonds is 7. The van der Waals surface area contributed by atoms with E-state index in [2.05, 4.69) is 5.32 Å². The lowest BCUT2D eigenvalue weighted by Gasteiger charge is -2.18. The Bertz CT molecular complexity index is 616. The van der Waals surface area contributed by atoms with Crippen LogP contribution in [0.3, 0.4) is 0 Å². The van der Waals surface area contributed by atoms with Gasteiger partial charge in [0.2, 0.25) is 0 Å².